The van der Waals surface area contributed by atoms with E-state index in [1.807, 2.05) is 47.3 Å². The number of halogens is 1. The first-order valence-corrected chi connectivity index (χ1v) is 7.87. The fourth-order valence-electron chi connectivity index (χ4n) is 2.78. The first-order valence-electron chi connectivity index (χ1n) is 7.87. The van der Waals surface area contributed by atoms with Crippen molar-refractivity contribution in [3.05, 3.63) is 60.4 Å². The molecule has 5 nitrogen and oxygen atoms in total. The molecule has 0 amide bonds. The number of hydrogen-bond acceptors (Lipinski definition) is 4. The van der Waals surface area contributed by atoms with Gasteiger partial charge in [-0.2, -0.15) is 4.57 Å². The number of rotatable bonds is 6. The number of Topliss-reactive ketones (excluding diaryl/α,β-unsaturated/α-hetero) is 1. The number of aromatic nitrogens is 1. The van der Waals surface area contributed by atoms with Crippen LogP contribution < -0.4 is 35.8 Å². The summed E-state index contributed by atoms with van der Waals surface area (Å²) in [6, 6.07) is 13.4. The molecule has 3 aromatic rings. The summed E-state index contributed by atoms with van der Waals surface area (Å²) in [5.41, 5.74) is 0.509. The molecular weight excluding hydrogens is 398 g/mol. The number of ketones is 1. The summed E-state index contributed by atoms with van der Waals surface area (Å²) < 4.78 is 17.8. The van der Waals surface area contributed by atoms with Gasteiger partial charge in [0.15, 0.2) is 23.9 Å². The highest BCUT2D eigenvalue weighted by Gasteiger charge is 2.19. The monoisotopic (exact) mass is 417 g/mol. The van der Waals surface area contributed by atoms with Gasteiger partial charge in [-0.25, -0.2) is 0 Å². The summed E-state index contributed by atoms with van der Waals surface area (Å²) >= 11 is 0. The molecule has 0 radical (unpaired) electrons. The maximum atomic E-state index is 12.7. The van der Waals surface area contributed by atoms with Crippen LogP contribution in [0.1, 0.15) is 10.4 Å². The Bertz CT molecular complexity index is 902. The van der Waals surface area contributed by atoms with Crippen LogP contribution in [0.25, 0.3) is 10.8 Å². The third-order valence-corrected chi connectivity index (χ3v) is 4.06. The van der Waals surface area contributed by atoms with E-state index in [0.717, 1.165) is 10.8 Å². The standard InChI is InChI=1S/C20H20NO4.BrH/c1-23-18-10-16(11-19(24-2)20(18)25-3)17(22)13-21-9-8-14-6-4-5-7-15(14)12-21;/h4-12H,13H2,1-3H3;1H/q+1;/p-1. The van der Waals surface area contributed by atoms with Crippen LogP contribution in [0.2, 0.25) is 0 Å². The van der Waals surface area contributed by atoms with Gasteiger partial charge in [0, 0.05) is 17.0 Å². The smallest absolute Gasteiger partial charge is 0.227 e. The lowest BCUT2D eigenvalue weighted by Crippen LogP contribution is -3.00. The first kappa shape index (κ1) is 19.7. The van der Waals surface area contributed by atoms with Crippen molar-refractivity contribution in [2.75, 3.05) is 21.3 Å². The molecule has 1 heterocycles. The average Bonchev–Trinajstić information content (AvgIpc) is 2.66. The van der Waals surface area contributed by atoms with E-state index < -0.39 is 0 Å². The Labute approximate surface area is 162 Å². The van der Waals surface area contributed by atoms with Gasteiger partial charge in [-0.3, -0.25) is 4.79 Å². The zero-order chi connectivity index (χ0) is 17.8. The van der Waals surface area contributed by atoms with Crippen LogP contribution in [0.5, 0.6) is 17.2 Å². The molecule has 0 aliphatic heterocycles. The van der Waals surface area contributed by atoms with Crippen molar-refractivity contribution in [1.82, 2.24) is 0 Å². The Morgan fingerprint density at radius 2 is 1.54 bits per heavy atom. The predicted molar refractivity (Wildman–Crippen MR) is 94.6 cm³/mol. The molecule has 1 aromatic heterocycles. The van der Waals surface area contributed by atoms with Gasteiger partial charge in [-0.15, -0.1) is 0 Å². The largest absolute Gasteiger partial charge is 1.00 e. The van der Waals surface area contributed by atoms with E-state index in [2.05, 4.69) is 0 Å². The minimum atomic E-state index is -0.0421. The normalized spacial score (nSPS) is 10.1. The molecule has 2 aromatic carbocycles. The lowest BCUT2D eigenvalue weighted by atomic mass is 10.1. The van der Waals surface area contributed by atoms with E-state index in [-0.39, 0.29) is 29.3 Å². The Morgan fingerprint density at radius 3 is 2.12 bits per heavy atom. The fraction of sp³-hybridized carbons (Fsp3) is 0.200. The third kappa shape index (κ3) is 3.96. The van der Waals surface area contributed by atoms with Crippen molar-refractivity contribution >= 4 is 16.6 Å². The molecule has 136 valence electrons. The second-order valence-corrected chi connectivity index (χ2v) is 5.58. The first-order chi connectivity index (χ1) is 12.2. The molecule has 0 aliphatic carbocycles. The van der Waals surface area contributed by atoms with E-state index in [1.165, 1.54) is 21.3 Å². The quantitative estimate of drug-likeness (QED) is 0.419. The summed E-state index contributed by atoms with van der Waals surface area (Å²) in [4.78, 5) is 12.7. The molecule has 0 unspecified atom stereocenters. The number of ether oxygens (including phenoxy) is 3. The summed E-state index contributed by atoms with van der Waals surface area (Å²) in [5, 5.41) is 2.22. The molecule has 0 N–H and O–H groups in total. The average molecular weight is 418 g/mol. The number of nitrogens with zero attached hydrogens (tertiary/aromatic N) is 1. The molecule has 0 saturated heterocycles. The van der Waals surface area contributed by atoms with E-state index >= 15 is 0 Å². The Hall–Kier alpha value is -2.60. The van der Waals surface area contributed by atoms with Crippen molar-refractivity contribution in [3.63, 3.8) is 0 Å². The number of benzene rings is 2. The lowest BCUT2D eigenvalue weighted by Gasteiger charge is -2.13. The highest BCUT2D eigenvalue weighted by molar-refractivity contribution is 5.96. The van der Waals surface area contributed by atoms with Gasteiger partial charge in [0.05, 0.1) is 21.3 Å². The van der Waals surface area contributed by atoms with Crippen LogP contribution in [0.4, 0.5) is 0 Å². The van der Waals surface area contributed by atoms with Gasteiger partial charge >= 0.3 is 0 Å². The SMILES string of the molecule is COc1cc(C(=O)C[n+]2ccc3ccccc3c2)cc(OC)c1OC.[Br-]. The molecule has 26 heavy (non-hydrogen) atoms. The van der Waals surface area contributed by atoms with Crippen LogP contribution >= 0.6 is 0 Å². The van der Waals surface area contributed by atoms with Gasteiger partial charge in [-0.05, 0) is 23.6 Å². The zero-order valence-electron chi connectivity index (χ0n) is 14.9. The molecule has 0 spiro atoms. The van der Waals surface area contributed by atoms with E-state index in [9.17, 15) is 4.79 Å². The second-order valence-electron chi connectivity index (χ2n) is 5.58. The highest BCUT2D eigenvalue weighted by atomic mass is 79.9. The van der Waals surface area contributed by atoms with Gasteiger partial charge in [0.2, 0.25) is 18.1 Å². The molecule has 0 saturated carbocycles. The highest BCUT2D eigenvalue weighted by Crippen LogP contribution is 2.38. The Morgan fingerprint density at radius 1 is 0.923 bits per heavy atom. The Balaban J connectivity index is 0.00000243. The minimum absolute atomic E-state index is 0. The van der Waals surface area contributed by atoms with Crippen LogP contribution in [-0.2, 0) is 6.54 Å². The van der Waals surface area contributed by atoms with Crippen molar-refractivity contribution in [2.24, 2.45) is 0 Å². The maximum absolute atomic E-state index is 12.7. The third-order valence-electron chi connectivity index (χ3n) is 4.06. The lowest BCUT2D eigenvalue weighted by molar-refractivity contribution is -0.681. The number of carbonyl (C=O) groups is 1. The van der Waals surface area contributed by atoms with Crippen molar-refractivity contribution in [3.8, 4) is 17.2 Å². The van der Waals surface area contributed by atoms with Crippen molar-refractivity contribution < 1.29 is 40.6 Å². The molecule has 0 bridgehead atoms. The molecule has 0 fully saturated rings. The summed E-state index contributed by atoms with van der Waals surface area (Å²) in [7, 11) is 4.60. The predicted octanol–water partition coefficient (Wildman–Crippen LogP) is 0.0400. The van der Waals surface area contributed by atoms with Crippen LogP contribution in [0.15, 0.2) is 54.9 Å². The zero-order valence-corrected chi connectivity index (χ0v) is 16.4. The summed E-state index contributed by atoms with van der Waals surface area (Å²) in [6.45, 7) is 0.226. The number of fused-ring (bicyclic) bond motifs is 1. The van der Waals surface area contributed by atoms with Crippen molar-refractivity contribution in [1.29, 1.82) is 0 Å². The molecule has 6 heteroatoms. The molecule has 0 atom stereocenters. The van der Waals surface area contributed by atoms with Gasteiger partial charge in [0.1, 0.15) is 0 Å². The van der Waals surface area contributed by atoms with Crippen LogP contribution in [0, 0.1) is 0 Å². The summed E-state index contributed by atoms with van der Waals surface area (Å²) in [5.74, 6) is 1.36. The van der Waals surface area contributed by atoms with Crippen LogP contribution in [-0.4, -0.2) is 27.1 Å². The molecule has 0 aliphatic rings. The van der Waals surface area contributed by atoms with E-state index in [0.29, 0.717) is 22.8 Å². The maximum Gasteiger partial charge on any atom is 0.227 e. The van der Waals surface area contributed by atoms with Gasteiger partial charge < -0.3 is 31.2 Å². The number of hydrogen-bond donors (Lipinski definition) is 0. The number of pyridine rings is 1. The molecular formula is C20H20BrNO4. The number of methoxy groups -OCH3 is 3. The van der Waals surface area contributed by atoms with Gasteiger partial charge in [-0.1, -0.05) is 18.2 Å². The van der Waals surface area contributed by atoms with Crippen LogP contribution in [0.3, 0.4) is 0 Å². The Kier molecular flexibility index (Phi) is 6.58. The van der Waals surface area contributed by atoms with E-state index in [4.69, 9.17) is 14.2 Å². The fourth-order valence-corrected chi connectivity index (χ4v) is 2.78. The van der Waals surface area contributed by atoms with E-state index in [1.54, 1.807) is 12.1 Å². The minimum Gasteiger partial charge on any atom is -1.00 e. The molecule has 3 rings (SSSR count). The topological polar surface area (TPSA) is 48.6 Å². The summed E-state index contributed by atoms with van der Waals surface area (Å²) in [6.07, 6.45) is 3.86. The number of carbonyl (C=O) groups excluding carboxylic acids is 1. The second kappa shape index (κ2) is 8.67. The van der Waals surface area contributed by atoms with Gasteiger partial charge in [0.25, 0.3) is 0 Å². The van der Waals surface area contributed by atoms with Crippen molar-refractivity contribution in [2.45, 2.75) is 6.54 Å².